The molecule has 0 bridgehead atoms. The second-order valence-corrected chi connectivity index (χ2v) is 3.85. The van der Waals surface area contributed by atoms with Crippen LogP contribution in [0.25, 0.3) is 11.0 Å². The molecule has 2 rings (SSSR count). The van der Waals surface area contributed by atoms with Gasteiger partial charge in [0.2, 0.25) is 0 Å². The molecule has 2 N–H and O–H groups in total. The minimum Gasteiger partial charge on any atom is -0.481 e. The zero-order chi connectivity index (χ0) is 12.3. The van der Waals surface area contributed by atoms with Gasteiger partial charge in [0, 0.05) is 6.42 Å². The zero-order valence-corrected chi connectivity index (χ0v) is 9.14. The standard InChI is InChI=1S/C12H12N2O3/c15-11-7-13-10-6-8(2-1-3-12(16)17)4-5-9(10)14-11/h4-7H,1-3H2,(H,14,15)(H,16,17). The fourth-order valence-electron chi connectivity index (χ4n) is 1.68. The summed E-state index contributed by atoms with van der Waals surface area (Å²) in [5.74, 6) is -0.784. The van der Waals surface area contributed by atoms with Gasteiger partial charge >= 0.3 is 5.97 Å². The van der Waals surface area contributed by atoms with E-state index in [1.165, 1.54) is 6.20 Å². The van der Waals surface area contributed by atoms with E-state index in [0.29, 0.717) is 18.4 Å². The molecule has 5 nitrogen and oxygen atoms in total. The second-order valence-electron chi connectivity index (χ2n) is 3.85. The molecule has 0 unspecified atom stereocenters. The quantitative estimate of drug-likeness (QED) is 0.833. The van der Waals surface area contributed by atoms with Crippen LogP contribution in [0.5, 0.6) is 0 Å². The predicted octanol–water partition coefficient (Wildman–Crippen LogP) is 1.33. The van der Waals surface area contributed by atoms with Crippen molar-refractivity contribution in [2.45, 2.75) is 19.3 Å². The average molecular weight is 232 g/mol. The lowest BCUT2D eigenvalue weighted by molar-refractivity contribution is -0.137. The summed E-state index contributed by atoms with van der Waals surface area (Å²) in [6.07, 6.45) is 2.70. The first-order valence-corrected chi connectivity index (χ1v) is 5.35. The number of hydrogen-bond donors (Lipinski definition) is 2. The van der Waals surface area contributed by atoms with Gasteiger partial charge in [-0.3, -0.25) is 9.59 Å². The van der Waals surface area contributed by atoms with E-state index in [-0.39, 0.29) is 12.0 Å². The van der Waals surface area contributed by atoms with Crippen LogP contribution in [0.2, 0.25) is 0 Å². The molecule has 88 valence electrons. The first kappa shape index (κ1) is 11.3. The number of carbonyl (C=O) groups is 1. The average Bonchev–Trinajstić information content (AvgIpc) is 2.29. The van der Waals surface area contributed by atoms with Gasteiger partial charge in [-0.1, -0.05) is 6.07 Å². The Labute approximate surface area is 97.1 Å². The Hall–Kier alpha value is -2.17. The Kier molecular flexibility index (Phi) is 3.18. The van der Waals surface area contributed by atoms with Crippen molar-refractivity contribution < 1.29 is 9.90 Å². The summed E-state index contributed by atoms with van der Waals surface area (Å²) >= 11 is 0. The van der Waals surface area contributed by atoms with E-state index >= 15 is 0 Å². The fraction of sp³-hybridized carbons (Fsp3) is 0.250. The summed E-state index contributed by atoms with van der Waals surface area (Å²) < 4.78 is 0. The number of aromatic nitrogens is 2. The normalized spacial score (nSPS) is 10.6. The van der Waals surface area contributed by atoms with Crippen molar-refractivity contribution in [1.29, 1.82) is 0 Å². The van der Waals surface area contributed by atoms with Crippen LogP contribution < -0.4 is 5.56 Å². The predicted molar refractivity (Wildman–Crippen MR) is 62.9 cm³/mol. The summed E-state index contributed by atoms with van der Waals surface area (Å²) in [7, 11) is 0. The maximum Gasteiger partial charge on any atom is 0.303 e. The van der Waals surface area contributed by atoms with Gasteiger partial charge in [0.15, 0.2) is 0 Å². The molecule has 0 saturated heterocycles. The number of rotatable bonds is 4. The van der Waals surface area contributed by atoms with E-state index < -0.39 is 5.97 Å². The molecule has 0 aliphatic heterocycles. The third-order valence-electron chi connectivity index (χ3n) is 2.50. The Morgan fingerprint density at radius 1 is 1.41 bits per heavy atom. The van der Waals surface area contributed by atoms with Crippen LogP contribution >= 0.6 is 0 Å². The molecule has 0 amide bonds. The van der Waals surface area contributed by atoms with Crippen LogP contribution in [0.4, 0.5) is 0 Å². The van der Waals surface area contributed by atoms with E-state index in [0.717, 1.165) is 11.1 Å². The highest BCUT2D eigenvalue weighted by Crippen LogP contribution is 2.12. The maximum atomic E-state index is 11.0. The summed E-state index contributed by atoms with van der Waals surface area (Å²) in [5, 5.41) is 8.54. The van der Waals surface area contributed by atoms with Gasteiger partial charge in [0.25, 0.3) is 5.56 Å². The maximum absolute atomic E-state index is 11.0. The Morgan fingerprint density at radius 2 is 2.24 bits per heavy atom. The lowest BCUT2D eigenvalue weighted by Crippen LogP contribution is -2.05. The smallest absolute Gasteiger partial charge is 0.303 e. The number of aryl methyl sites for hydroxylation is 1. The molecule has 0 fully saturated rings. The minimum absolute atomic E-state index is 0.164. The lowest BCUT2D eigenvalue weighted by atomic mass is 10.1. The Balaban J connectivity index is 2.17. The topological polar surface area (TPSA) is 83.0 Å². The number of hydrogen-bond acceptors (Lipinski definition) is 3. The number of nitrogens with zero attached hydrogens (tertiary/aromatic N) is 1. The molecule has 0 atom stereocenters. The molecule has 5 heteroatoms. The second kappa shape index (κ2) is 4.78. The van der Waals surface area contributed by atoms with Gasteiger partial charge in [0.1, 0.15) is 0 Å². The monoisotopic (exact) mass is 232 g/mol. The molecule has 0 saturated carbocycles. The van der Waals surface area contributed by atoms with Crippen LogP contribution in [-0.2, 0) is 11.2 Å². The molecule has 0 aliphatic rings. The van der Waals surface area contributed by atoms with Crippen molar-refractivity contribution in [3.63, 3.8) is 0 Å². The molecule has 17 heavy (non-hydrogen) atoms. The number of H-pyrrole nitrogens is 1. The third kappa shape index (κ3) is 2.90. The van der Waals surface area contributed by atoms with Gasteiger partial charge in [0.05, 0.1) is 17.2 Å². The summed E-state index contributed by atoms with van der Waals surface area (Å²) in [6, 6.07) is 5.54. The highest BCUT2D eigenvalue weighted by molar-refractivity contribution is 5.74. The van der Waals surface area contributed by atoms with E-state index in [1.54, 1.807) is 6.07 Å². The van der Waals surface area contributed by atoms with Crippen molar-refractivity contribution in [2.24, 2.45) is 0 Å². The number of benzene rings is 1. The molecule has 0 aliphatic carbocycles. The highest BCUT2D eigenvalue weighted by atomic mass is 16.4. The van der Waals surface area contributed by atoms with Crippen LogP contribution in [0.1, 0.15) is 18.4 Å². The molecule has 2 aromatic rings. The highest BCUT2D eigenvalue weighted by Gasteiger charge is 2.01. The summed E-state index contributed by atoms with van der Waals surface area (Å²) in [4.78, 5) is 28.1. The molecule has 0 radical (unpaired) electrons. The van der Waals surface area contributed by atoms with E-state index in [2.05, 4.69) is 9.97 Å². The Morgan fingerprint density at radius 3 is 3.00 bits per heavy atom. The number of carboxylic acid groups (broad SMARTS) is 1. The van der Waals surface area contributed by atoms with Crippen molar-refractivity contribution in [3.05, 3.63) is 40.3 Å². The van der Waals surface area contributed by atoms with Crippen LogP contribution in [0.3, 0.4) is 0 Å². The molecule has 1 aromatic carbocycles. The van der Waals surface area contributed by atoms with Crippen molar-refractivity contribution >= 4 is 17.0 Å². The van der Waals surface area contributed by atoms with Gasteiger partial charge < -0.3 is 10.1 Å². The largest absolute Gasteiger partial charge is 0.481 e. The number of nitrogens with one attached hydrogen (secondary N) is 1. The number of aromatic amines is 1. The van der Waals surface area contributed by atoms with Gasteiger partial charge in [-0.25, -0.2) is 4.98 Å². The van der Waals surface area contributed by atoms with E-state index in [9.17, 15) is 9.59 Å². The molecular weight excluding hydrogens is 220 g/mol. The summed E-state index contributed by atoms with van der Waals surface area (Å²) in [6.45, 7) is 0. The number of carboxylic acids is 1. The number of aliphatic carboxylic acids is 1. The SMILES string of the molecule is O=C(O)CCCc1ccc2[nH]c(=O)cnc2c1. The van der Waals surface area contributed by atoms with E-state index in [4.69, 9.17) is 5.11 Å². The molecular formula is C12H12N2O3. The first-order valence-electron chi connectivity index (χ1n) is 5.35. The summed E-state index contributed by atoms with van der Waals surface area (Å²) in [5.41, 5.74) is 2.21. The fourth-order valence-corrected chi connectivity index (χ4v) is 1.68. The van der Waals surface area contributed by atoms with Gasteiger partial charge in [-0.15, -0.1) is 0 Å². The zero-order valence-electron chi connectivity index (χ0n) is 9.14. The van der Waals surface area contributed by atoms with Crippen LogP contribution in [0.15, 0.2) is 29.2 Å². The van der Waals surface area contributed by atoms with E-state index in [1.807, 2.05) is 12.1 Å². The van der Waals surface area contributed by atoms with Crippen LogP contribution in [0, 0.1) is 0 Å². The molecule has 1 heterocycles. The van der Waals surface area contributed by atoms with Crippen molar-refractivity contribution in [1.82, 2.24) is 9.97 Å². The minimum atomic E-state index is -0.784. The molecule has 0 spiro atoms. The van der Waals surface area contributed by atoms with Crippen molar-refractivity contribution in [3.8, 4) is 0 Å². The van der Waals surface area contributed by atoms with Gasteiger partial charge in [-0.05, 0) is 30.5 Å². The molecule has 1 aromatic heterocycles. The third-order valence-corrected chi connectivity index (χ3v) is 2.50. The van der Waals surface area contributed by atoms with Crippen LogP contribution in [-0.4, -0.2) is 21.0 Å². The first-order chi connectivity index (χ1) is 8.15. The lowest BCUT2D eigenvalue weighted by Gasteiger charge is -2.01. The van der Waals surface area contributed by atoms with Gasteiger partial charge in [-0.2, -0.15) is 0 Å². The Bertz CT molecular complexity index is 604. The van der Waals surface area contributed by atoms with Crippen molar-refractivity contribution in [2.75, 3.05) is 0 Å². The number of fused-ring (bicyclic) bond motifs is 1.